The van der Waals surface area contributed by atoms with Crippen LogP contribution < -0.4 is 10.2 Å². The zero-order chi connectivity index (χ0) is 37.2. The van der Waals surface area contributed by atoms with Gasteiger partial charge < -0.3 is 28.8 Å². The molecule has 3 unspecified atom stereocenters. The van der Waals surface area contributed by atoms with E-state index in [0.29, 0.717) is 17.4 Å². The number of unbranched alkanes of at least 4 members (excludes halogenated alkanes) is 19. The molecule has 2 N–H and O–H groups in total. The molecule has 294 valence electrons. The van der Waals surface area contributed by atoms with E-state index in [0.717, 1.165) is 51.4 Å². The molecule has 0 aromatic carbocycles. The molecule has 3 atom stereocenters. The van der Waals surface area contributed by atoms with E-state index < -0.39 is 26.6 Å². The number of aliphatic hydroxyl groups excluding tert-OH is 1. The number of carbonyl (C=O) groups excluding carboxylic acids is 1. The van der Waals surface area contributed by atoms with Crippen LogP contribution >= 0.6 is 7.82 Å². The number of rotatable bonds is 36. The van der Waals surface area contributed by atoms with Crippen molar-refractivity contribution in [3.8, 4) is 0 Å². The van der Waals surface area contributed by atoms with Crippen molar-refractivity contribution in [2.24, 2.45) is 0 Å². The Bertz CT molecular complexity index is 917. The van der Waals surface area contributed by atoms with E-state index in [1.165, 1.54) is 96.3 Å². The van der Waals surface area contributed by atoms with Crippen LogP contribution in [0, 0.1) is 0 Å². The minimum absolute atomic E-state index is 0.00826. The quantitative estimate of drug-likeness (QED) is 0.0288. The minimum Gasteiger partial charge on any atom is -0.756 e. The Balaban J connectivity index is 4.50. The molecular weight excluding hydrogens is 647 g/mol. The molecular formula is C41H79N2O6P. The van der Waals surface area contributed by atoms with Crippen LogP contribution in [0.15, 0.2) is 36.5 Å². The van der Waals surface area contributed by atoms with E-state index in [1.54, 1.807) is 6.08 Å². The Kier molecular flexibility index (Phi) is 32.7. The number of nitrogens with zero attached hydrogens (tertiary/aromatic N) is 1. The van der Waals surface area contributed by atoms with Crippen LogP contribution in [0.3, 0.4) is 0 Å². The summed E-state index contributed by atoms with van der Waals surface area (Å²) in [7, 11) is 1.23. The van der Waals surface area contributed by atoms with E-state index >= 15 is 0 Å². The molecule has 0 fully saturated rings. The van der Waals surface area contributed by atoms with Crippen LogP contribution in [-0.4, -0.2) is 68.5 Å². The third kappa shape index (κ3) is 35.1. The van der Waals surface area contributed by atoms with Crippen molar-refractivity contribution >= 4 is 13.7 Å². The summed E-state index contributed by atoms with van der Waals surface area (Å²) in [6.45, 7) is 4.55. The topological polar surface area (TPSA) is 108 Å². The highest BCUT2D eigenvalue weighted by molar-refractivity contribution is 7.45. The van der Waals surface area contributed by atoms with Crippen LogP contribution in [0.4, 0.5) is 0 Å². The van der Waals surface area contributed by atoms with Crippen molar-refractivity contribution in [2.45, 2.75) is 180 Å². The van der Waals surface area contributed by atoms with Gasteiger partial charge in [0.2, 0.25) is 5.91 Å². The Morgan fingerprint density at radius 3 is 1.60 bits per heavy atom. The lowest BCUT2D eigenvalue weighted by molar-refractivity contribution is -0.870. The van der Waals surface area contributed by atoms with Gasteiger partial charge in [-0.05, 0) is 38.5 Å². The van der Waals surface area contributed by atoms with Crippen molar-refractivity contribution in [3.05, 3.63) is 36.5 Å². The summed E-state index contributed by atoms with van der Waals surface area (Å²) in [4.78, 5) is 25.2. The van der Waals surface area contributed by atoms with Gasteiger partial charge in [-0.2, -0.15) is 0 Å². The van der Waals surface area contributed by atoms with Crippen molar-refractivity contribution < 1.29 is 32.9 Å². The van der Waals surface area contributed by atoms with Crippen LogP contribution in [0.1, 0.15) is 168 Å². The number of nitrogens with one attached hydrogen (secondary N) is 1. The molecule has 0 aromatic heterocycles. The number of carbonyl (C=O) groups is 1. The fourth-order valence-corrected chi connectivity index (χ4v) is 6.24. The van der Waals surface area contributed by atoms with Gasteiger partial charge in [-0.3, -0.25) is 9.36 Å². The molecule has 8 nitrogen and oxygen atoms in total. The van der Waals surface area contributed by atoms with E-state index in [1.807, 2.05) is 27.2 Å². The fourth-order valence-electron chi connectivity index (χ4n) is 5.52. The highest BCUT2D eigenvalue weighted by Crippen LogP contribution is 2.38. The predicted molar refractivity (Wildman–Crippen MR) is 210 cm³/mol. The monoisotopic (exact) mass is 727 g/mol. The second kappa shape index (κ2) is 33.5. The molecule has 0 heterocycles. The number of allylic oxidation sites excluding steroid dienone is 5. The Hall–Kier alpha value is -1.28. The number of hydrogen-bond donors (Lipinski definition) is 2. The van der Waals surface area contributed by atoms with Crippen molar-refractivity contribution in [2.75, 3.05) is 40.9 Å². The first kappa shape index (κ1) is 48.7. The van der Waals surface area contributed by atoms with E-state index in [4.69, 9.17) is 9.05 Å². The van der Waals surface area contributed by atoms with Gasteiger partial charge in [0.1, 0.15) is 13.2 Å². The lowest BCUT2D eigenvalue weighted by Crippen LogP contribution is -2.45. The smallest absolute Gasteiger partial charge is 0.268 e. The molecule has 1 amide bonds. The first-order valence-corrected chi connectivity index (χ1v) is 21.8. The number of hydrogen-bond acceptors (Lipinski definition) is 6. The Morgan fingerprint density at radius 2 is 1.12 bits per heavy atom. The van der Waals surface area contributed by atoms with Crippen molar-refractivity contribution in [3.63, 3.8) is 0 Å². The summed E-state index contributed by atoms with van der Waals surface area (Å²) >= 11 is 0. The minimum atomic E-state index is -4.59. The average molecular weight is 727 g/mol. The zero-order valence-corrected chi connectivity index (χ0v) is 34.0. The molecule has 0 aliphatic heterocycles. The van der Waals surface area contributed by atoms with Gasteiger partial charge in [-0.25, -0.2) is 0 Å². The van der Waals surface area contributed by atoms with E-state index in [-0.39, 0.29) is 12.5 Å². The molecule has 0 radical (unpaired) electrons. The maximum Gasteiger partial charge on any atom is 0.268 e. The SMILES string of the molecule is CCCC/C=C/CC/C=C/CC/C=C/C(O)C(COP(=O)([O-])OCC[N+](C)(C)C)NC(=O)CCCCCCCCCCCCCCCCCC. The normalized spacial score (nSPS) is 14.9. The number of likely N-dealkylation sites (N-methyl/N-ethyl adjacent to an activating group) is 1. The molecule has 0 saturated carbocycles. The molecule has 9 heteroatoms. The predicted octanol–water partition coefficient (Wildman–Crippen LogP) is 10.1. The zero-order valence-electron chi connectivity index (χ0n) is 33.1. The van der Waals surface area contributed by atoms with Crippen LogP contribution in [-0.2, 0) is 18.4 Å². The van der Waals surface area contributed by atoms with Gasteiger partial charge in [0.05, 0.1) is 39.9 Å². The number of aliphatic hydroxyl groups is 1. The molecule has 0 spiro atoms. The fraction of sp³-hybridized carbons (Fsp3) is 0.829. The lowest BCUT2D eigenvalue weighted by Gasteiger charge is -2.29. The summed E-state index contributed by atoms with van der Waals surface area (Å²) in [5.41, 5.74) is 0. The Labute approximate surface area is 308 Å². The number of phosphoric ester groups is 1. The maximum absolute atomic E-state index is 12.8. The van der Waals surface area contributed by atoms with Gasteiger partial charge in [0, 0.05) is 6.42 Å². The molecule has 0 aromatic rings. The second-order valence-corrected chi connectivity index (χ2v) is 16.4. The van der Waals surface area contributed by atoms with Crippen molar-refractivity contribution in [1.82, 2.24) is 5.32 Å². The van der Waals surface area contributed by atoms with Crippen LogP contribution in [0.5, 0.6) is 0 Å². The number of phosphoric acid groups is 1. The third-order valence-corrected chi connectivity index (χ3v) is 9.79. The van der Waals surface area contributed by atoms with Gasteiger partial charge in [0.25, 0.3) is 7.82 Å². The Morgan fingerprint density at radius 1 is 0.680 bits per heavy atom. The standard InChI is InChI=1S/C41H79N2O6P/c1-6-8-10-12-14-16-18-20-21-22-23-25-27-29-31-33-35-41(45)42-39(38-49-50(46,47)48-37-36-43(3,4)5)40(44)34-32-30-28-26-24-19-17-15-13-11-9-7-2/h13,15,24,26,32,34,39-40,44H,6-12,14,16-23,25,27-31,33,35-38H2,1-5H3,(H-,42,45,46,47)/b15-13+,26-24+,34-32+. The highest BCUT2D eigenvalue weighted by Gasteiger charge is 2.23. The van der Waals surface area contributed by atoms with Crippen molar-refractivity contribution in [1.29, 1.82) is 0 Å². The second-order valence-electron chi connectivity index (χ2n) is 15.0. The summed E-state index contributed by atoms with van der Waals surface area (Å²) in [5, 5.41) is 13.7. The average Bonchev–Trinajstić information content (AvgIpc) is 3.06. The summed E-state index contributed by atoms with van der Waals surface area (Å²) in [5.74, 6) is -0.213. The van der Waals surface area contributed by atoms with Gasteiger partial charge in [-0.15, -0.1) is 0 Å². The summed E-state index contributed by atoms with van der Waals surface area (Å²) in [6, 6.07) is -0.904. The highest BCUT2D eigenvalue weighted by atomic mass is 31.2. The first-order chi connectivity index (χ1) is 24.0. The molecule has 50 heavy (non-hydrogen) atoms. The molecule has 0 aliphatic rings. The number of amides is 1. The van der Waals surface area contributed by atoms with Gasteiger partial charge in [-0.1, -0.05) is 159 Å². The first-order valence-electron chi connectivity index (χ1n) is 20.4. The largest absolute Gasteiger partial charge is 0.756 e. The summed E-state index contributed by atoms with van der Waals surface area (Å²) in [6.07, 6.45) is 39.0. The molecule has 0 aliphatic carbocycles. The maximum atomic E-state index is 12.8. The molecule has 0 bridgehead atoms. The van der Waals surface area contributed by atoms with Crippen LogP contribution in [0.25, 0.3) is 0 Å². The van der Waals surface area contributed by atoms with Gasteiger partial charge >= 0.3 is 0 Å². The number of quaternary nitrogens is 1. The van der Waals surface area contributed by atoms with E-state index in [9.17, 15) is 19.4 Å². The van der Waals surface area contributed by atoms with E-state index in [2.05, 4.69) is 43.5 Å². The third-order valence-electron chi connectivity index (χ3n) is 8.83. The van der Waals surface area contributed by atoms with Gasteiger partial charge in [0.15, 0.2) is 0 Å². The summed E-state index contributed by atoms with van der Waals surface area (Å²) < 4.78 is 23.1. The van der Waals surface area contributed by atoms with Crippen LogP contribution in [0.2, 0.25) is 0 Å². The molecule has 0 saturated heterocycles. The lowest BCUT2D eigenvalue weighted by atomic mass is 10.0. The molecule has 0 rings (SSSR count).